The molecule has 0 saturated carbocycles. The van der Waals surface area contributed by atoms with E-state index in [4.69, 9.17) is 4.74 Å². The van der Waals surface area contributed by atoms with Crippen LogP contribution in [0.3, 0.4) is 0 Å². The van der Waals surface area contributed by atoms with Crippen LogP contribution in [0.15, 0.2) is 29.2 Å². The van der Waals surface area contributed by atoms with E-state index in [1.807, 2.05) is 0 Å². The molecule has 2 N–H and O–H groups in total. The van der Waals surface area contributed by atoms with Crippen molar-refractivity contribution in [2.75, 3.05) is 39.6 Å². The predicted octanol–water partition coefficient (Wildman–Crippen LogP) is 0.836. The third kappa shape index (κ3) is 4.76. The van der Waals surface area contributed by atoms with Crippen molar-refractivity contribution in [2.24, 2.45) is 5.41 Å². The molecule has 1 aromatic rings. The lowest BCUT2D eigenvalue weighted by atomic mass is 9.79. The van der Waals surface area contributed by atoms with E-state index in [-0.39, 0.29) is 16.2 Å². The average molecular weight is 340 g/mol. The van der Waals surface area contributed by atoms with Crippen LogP contribution in [0.2, 0.25) is 0 Å². The summed E-state index contributed by atoms with van der Waals surface area (Å²) < 4.78 is 28.2. The standard InChI is InChI=1S/C16H24N2O4S/c1-22-12-16(7-9-17-10-8-16)11-18-15(19)13-3-5-14(6-4-13)23(2,20)21/h3-6,17H,7-12H2,1-2H3,(H,18,19). The molecule has 1 aromatic carbocycles. The number of nitrogens with one attached hydrogen (secondary N) is 2. The first-order chi connectivity index (χ1) is 10.9. The molecule has 6 nitrogen and oxygen atoms in total. The van der Waals surface area contributed by atoms with Crippen molar-refractivity contribution >= 4 is 15.7 Å². The maximum atomic E-state index is 12.3. The molecule has 0 aromatic heterocycles. The van der Waals surface area contributed by atoms with Crippen molar-refractivity contribution in [1.29, 1.82) is 0 Å². The van der Waals surface area contributed by atoms with Crippen molar-refractivity contribution in [3.8, 4) is 0 Å². The third-order valence-corrected chi connectivity index (χ3v) is 5.41. The summed E-state index contributed by atoms with van der Waals surface area (Å²) in [6, 6.07) is 5.99. The Labute approximate surface area is 137 Å². The number of ether oxygens (including phenoxy) is 1. The van der Waals surface area contributed by atoms with E-state index in [1.54, 1.807) is 7.11 Å². The van der Waals surface area contributed by atoms with Gasteiger partial charge in [-0.15, -0.1) is 0 Å². The number of carbonyl (C=O) groups is 1. The first-order valence-electron chi connectivity index (χ1n) is 7.64. The summed E-state index contributed by atoms with van der Waals surface area (Å²) >= 11 is 0. The van der Waals surface area contributed by atoms with Gasteiger partial charge in [-0.25, -0.2) is 8.42 Å². The van der Waals surface area contributed by atoms with Crippen molar-refractivity contribution < 1.29 is 17.9 Å². The molecule has 128 valence electrons. The van der Waals surface area contributed by atoms with Gasteiger partial charge < -0.3 is 15.4 Å². The maximum absolute atomic E-state index is 12.3. The Balaban J connectivity index is 2.00. The number of hydrogen-bond acceptors (Lipinski definition) is 5. The molecule has 23 heavy (non-hydrogen) atoms. The molecule has 0 bridgehead atoms. The quantitative estimate of drug-likeness (QED) is 0.801. The van der Waals surface area contributed by atoms with Crippen LogP contribution in [0.25, 0.3) is 0 Å². The first kappa shape index (κ1) is 17.9. The fraction of sp³-hybridized carbons (Fsp3) is 0.562. The largest absolute Gasteiger partial charge is 0.384 e. The van der Waals surface area contributed by atoms with Gasteiger partial charge in [0.25, 0.3) is 5.91 Å². The van der Waals surface area contributed by atoms with E-state index >= 15 is 0 Å². The molecule has 1 heterocycles. The molecular weight excluding hydrogens is 316 g/mol. The third-order valence-electron chi connectivity index (χ3n) is 4.28. The Bertz CT molecular complexity index is 629. The van der Waals surface area contributed by atoms with Crippen molar-refractivity contribution in [3.05, 3.63) is 29.8 Å². The highest BCUT2D eigenvalue weighted by Crippen LogP contribution is 2.28. The van der Waals surface area contributed by atoms with Crippen LogP contribution in [0.1, 0.15) is 23.2 Å². The normalized spacial score (nSPS) is 17.7. The summed E-state index contributed by atoms with van der Waals surface area (Å²) in [4.78, 5) is 12.5. The molecule has 0 unspecified atom stereocenters. The van der Waals surface area contributed by atoms with Gasteiger partial charge in [-0.3, -0.25) is 4.79 Å². The number of piperidine rings is 1. The van der Waals surface area contributed by atoms with Crippen LogP contribution in [-0.2, 0) is 14.6 Å². The Kier molecular flexibility index (Phi) is 5.78. The summed E-state index contributed by atoms with van der Waals surface area (Å²) in [5.41, 5.74) is 0.418. The highest BCUT2D eigenvalue weighted by atomic mass is 32.2. The second-order valence-corrected chi connectivity index (χ2v) is 8.18. The molecule has 0 aliphatic carbocycles. The predicted molar refractivity (Wildman–Crippen MR) is 88.3 cm³/mol. The van der Waals surface area contributed by atoms with E-state index in [2.05, 4.69) is 10.6 Å². The van der Waals surface area contributed by atoms with Gasteiger partial charge in [-0.05, 0) is 50.2 Å². The van der Waals surface area contributed by atoms with Gasteiger partial charge in [0, 0.05) is 30.9 Å². The van der Waals surface area contributed by atoms with Crippen LogP contribution in [-0.4, -0.2) is 53.9 Å². The summed E-state index contributed by atoms with van der Waals surface area (Å²) in [6.07, 6.45) is 3.05. The number of hydrogen-bond donors (Lipinski definition) is 2. The number of sulfone groups is 1. The second kappa shape index (κ2) is 7.42. The van der Waals surface area contributed by atoms with Crippen LogP contribution in [0.5, 0.6) is 0 Å². The minimum Gasteiger partial charge on any atom is -0.384 e. The Morgan fingerprint density at radius 3 is 2.39 bits per heavy atom. The summed E-state index contributed by atoms with van der Waals surface area (Å²) in [6.45, 7) is 3.00. The maximum Gasteiger partial charge on any atom is 0.251 e. The number of methoxy groups -OCH3 is 1. The molecule has 2 rings (SSSR count). The van der Waals surface area contributed by atoms with E-state index in [1.165, 1.54) is 24.3 Å². The lowest BCUT2D eigenvalue weighted by Gasteiger charge is -2.37. The van der Waals surface area contributed by atoms with Gasteiger partial charge in [-0.2, -0.15) is 0 Å². The van der Waals surface area contributed by atoms with Gasteiger partial charge in [0.2, 0.25) is 0 Å². The van der Waals surface area contributed by atoms with E-state index in [0.29, 0.717) is 18.7 Å². The number of benzene rings is 1. The van der Waals surface area contributed by atoms with E-state index in [0.717, 1.165) is 32.2 Å². The van der Waals surface area contributed by atoms with Gasteiger partial charge in [0.05, 0.1) is 11.5 Å². The van der Waals surface area contributed by atoms with Gasteiger partial charge >= 0.3 is 0 Å². The fourth-order valence-electron chi connectivity index (χ4n) is 2.86. The molecule has 0 radical (unpaired) electrons. The van der Waals surface area contributed by atoms with E-state index < -0.39 is 9.84 Å². The van der Waals surface area contributed by atoms with Crippen LogP contribution in [0, 0.1) is 5.41 Å². The Morgan fingerprint density at radius 1 is 1.26 bits per heavy atom. The van der Waals surface area contributed by atoms with Crippen LogP contribution < -0.4 is 10.6 Å². The van der Waals surface area contributed by atoms with Gasteiger partial charge in [-0.1, -0.05) is 0 Å². The minimum atomic E-state index is -3.25. The Morgan fingerprint density at radius 2 is 1.87 bits per heavy atom. The molecule has 7 heteroatoms. The monoisotopic (exact) mass is 340 g/mol. The molecular formula is C16H24N2O4S. The van der Waals surface area contributed by atoms with Crippen LogP contribution >= 0.6 is 0 Å². The number of carbonyl (C=O) groups excluding carboxylic acids is 1. The summed E-state index contributed by atoms with van der Waals surface area (Å²) in [5.74, 6) is -0.195. The zero-order valence-electron chi connectivity index (χ0n) is 13.6. The molecule has 1 aliphatic heterocycles. The average Bonchev–Trinajstić information content (AvgIpc) is 2.53. The molecule has 0 atom stereocenters. The minimum absolute atomic E-state index is 0.0393. The molecule has 1 saturated heterocycles. The zero-order chi connectivity index (χ0) is 16.9. The fourth-order valence-corrected chi connectivity index (χ4v) is 3.49. The molecule has 1 aliphatic rings. The lowest BCUT2D eigenvalue weighted by molar-refractivity contribution is 0.0511. The number of rotatable bonds is 6. The zero-order valence-corrected chi connectivity index (χ0v) is 14.4. The Hall–Kier alpha value is -1.44. The molecule has 0 spiro atoms. The lowest BCUT2D eigenvalue weighted by Crippen LogP contribution is -2.47. The smallest absolute Gasteiger partial charge is 0.251 e. The number of amides is 1. The van der Waals surface area contributed by atoms with Crippen molar-refractivity contribution in [2.45, 2.75) is 17.7 Å². The first-order valence-corrected chi connectivity index (χ1v) is 9.53. The van der Waals surface area contributed by atoms with E-state index in [9.17, 15) is 13.2 Å². The van der Waals surface area contributed by atoms with Gasteiger partial charge in [0.1, 0.15) is 0 Å². The molecule has 1 fully saturated rings. The van der Waals surface area contributed by atoms with Gasteiger partial charge in [0.15, 0.2) is 9.84 Å². The molecule has 1 amide bonds. The highest BCUT2D eigenvalue weighted by molar-refractivity contribution is 7.90. The van der Waals surface area contributed by atoms with Crippen molar-refractivity contribution in [1.82, 2.24) is 10.6 Å². The van der Waals surface area contributed by atoms with Crippen LogP contribution in [0.4, 0.5) is 0 Å². The topological polar surface area (TPSA) is 84.5 Å². The highest BCUT2D eigenvalue weighted by Gasteiger charge is 2.32. The second-order valence-electron chi connectivity index (χ2n) is 6.16. The summed E-state index contributed by atoms with van der Waals surface area (Å²) in [5, 5.41) is 6.27. The van der Waals surface area contributed by atoms with Crippen molar-refractivity contribution in [3.63, 3.8) is 0 Å². The summed E-state index contributed by atoms with van der Waals surface area (Å²) in [7, 11) is -1.57. The SMILES string of the molecule is COCC1(CNC(=O)c2ccc(S(C)(=O)=O)cc2)CCNCC1.